The van der Waals surface area contributed by atoms with Gasteiger partial charge < -0.3 is 0 Å². The third-order valence-corrected chi connectivity index (χ3v) is 4.27. The van der Waals surface area contributed by atoms with E-state index in [-0.39, 0.29) is 5.41 Å². The number of hydrogen-bond donors (Lipinski definition) is 0. The molecule has 106 valence electrons. The topological polar surface area (TPSA) is 30.0 Å². The molecule has 21 heavy (non-hydrogen) atoms. The van der Waals surface area contributed by atoms with E-state index in [2.05, 4.69) is 31.0 Å². The summed E-state index contributed by atoms with van der Waals surface area (Å²) in [5, 5.41) is 0. The fourth-order valence-corrected chi connectivity index (χ4v) is 3.14. The van der Waals surface area contributed by atoms with Gasteiger partial charge in [0.15, 0.2) is 6.29 Å². The summed E-state index contributed by atoms with van der Waals surface area (Å²) in [6.07, 6.45) is 3.71. The zero-order chi connectivity index (χ0) is 15.0. The molecule has 0 atom stereocenters. The molecule has 0 saturated carbocycles. The van der Waals surface area contributed by atoms with E-state index in [9.17, 15) is 4.79 Å². The molecule has 0 aliphatic heterocycles. The molecule has 1 aliphatic carbocycles. The minimum atomic E-state index is 0.0172. The first-order chi connectivity index (χ1) is 10.0. The standard InChI is InChI=1S/C19H19NO/c1-13-8-9-14(11-20-13)16-10-19(2,3)18-7-5-4-6-15(18)17(16)12-21/h4-9,11-12H,10H2,1-3H3. The second-order valence-corrected chi connectivity index (χ2v) is 6.30. The molecule has 1 heterocycles. The third-order valence-electron chi connectivity index (χ3n) is 4.27. The number of rotatable bonds is 2. The Kier molecular flexibility index (Phi) is 3.25. The number of fused-ring (bicyclic) bond motifs is 1. The molecule has 1 aliphatic rings. The van der Waals surface area contributed by atoms with Crippen LogP contribution in [0.2, 0.25) is 0 Å². The second kappa shape index (κ2) is 4.96. The predicted octanol–water partition coefficient (Wildman–Crippen LogP) is 4.18. The number of aldehydes is 1. The Morgan fingerprint density at radius 2 is 1.90 bits per heavy atom. The maximum absolute atomic E-state index is 11.7. The van der Waals surface area contributed by atoms with Crippen LogP contribution in [0.15, 0.2) is 42.6 Å². The van der Waals surface area contributed by atoms with Crippen molar-refractivity contribution in [2.45, 2.75) is 32.6 Å². The summed E-state index contributed by atoms with van der Waals surface area (Å²) in [5.74, 6) is 0. The van der Waals surface area contributed by atoms with Crippen molar-refractivity contribution >= 4 is 17.4 Å². The van der Waals surface area contributed by atoms with Crippen molar-refractivity contribution in [3.8, 4) is 0 Å². The molecular formula is C19H19NO. The van der Waals surface area contributed by atoms with Crippen LogP contribution in [-0.2, 0) is 10.2 Å². The average molecular weight is 277 g/mol. The smallest absolute Gasteiger partial charge is 0.150 e. The number of carbonyl (C=O) groups is 1. The summed E-state index contributed by atoms with van der Waals surface area (Å²) in [6.45, 7) is 6.43. The first-order valence-corrected chi connectivity index (χ1v) is 7.24. The lowest BCUT2D eigenvalue weighted by Crippen LogP contribution is -2.24. The highest BCUT2D eigenvalue weighted by Gasteiger charge is 2.32. The molecule has 2 heteroatoms. The number of nitrogens with zero attached hydrogens (tertiary/aromatic N) is 1. The highest BCUT2D eigenvalue weighted by Crippen LogP contribution is 2.45. The van der Waals surface area contributed by atoms with Gasteiger partial charge >= 0.3 is 0 Å². The van der Waals surface area contributed by atoms with E-state index in [0.717, 1.165) is 40.7 Å². The number of aromatic nitrogens is 1. The van der Waals surface area contributed by atoms with Gasteiger partial charge in [-0.3, -0.25) is 9.78 Å². The van der Waals surface area contributed by atoms with E-state index >= 15 is 0 Å². The van der Waals surface area contributed by atoms with Gasteiger partial charge in [-0.25, -0.2) is 0 Å². The lowest BCUT2D eigenvalue weighted by atomic mass is 9.69. The minimum Gasteiger partial charge on any atom is -0.298 e. The lowest BCUT2D eigenvalue weighted by molar-refractivity contribution is -0.103. The van der Waals surface area contributed by atoms with Crippen molar-refractivity contribution in [3.63, 3.8) is 0 Å². The highest BCUT2D eigenvalue weighted by atomic mass is 16.1. The molecule has 0 bridgehead atoms. The lowest BCUT2D eigenvalue weighted by Gasteiger charge is -2.34. The molecule has 2 nitrogen and oxygen atoms in total. The van der Waals surface area contributed by atoms with Gasteiger partial charge in [-0.15, -0.1) is 0 Å². The van der Waals surface area contributed by atoms with Crippen LogP contribution in [0.3, 0.4) is 0 Å². The number of aryl methyl sites for hydroxylation is 1. The Morgan fingerprint density at radius 3 is 2.57 bits per heavy atom. The Labute approximate surface area is 125 Å². The van der Waals surface area contributed by atoms with Crippen LogP contribution in [0.25, 0.3) is 11.1 Å². The molecule has 3 rings (SSSR count). The first kappa shape index (κ1) is 13.7. The molecule has 0 amide bonds. The maximum atomic E-state index is 11.7. The van der Waals surface area contributed by atoms with Crippen molar-refractivity contribution in [1.29, 1.82) is 0 Å². The Balaban J connectivity index is 2.25. The summed E-state index contributed by atoms with van der Waals surface area (Å²) in [4.78, 5) is 16.1. The van der Waals surface area contributed by atoms with Crippen LogP contribution in [0, 0.1) is 6.92 Å². The van der Waals surface area contributed by atoms with Crippen LogP contribution >= 0.6 is 0 Å². The fourth-order valence-electron chi connectivity index (χ4n) is 3.14. The Hall–Kier alpha value is -2.22. The third kappa shape index (κ3) is 2.31. The van der Waals surface area contributed by atoms with E-state index < -0.39 is 0 Å². The van der Waals surface area contributed by atoms with E-state index in [4.69, 9.17) is 0 Å². The highest BCUT2D eigenvalue weighted by molar-refractivity contribution is 6.18. The number of pyridine rings is 1. The van der Waals surface area contributed by atoms with E-state index in [1.165, 1.54) is 5.56 Å². The molecule has 0 spiro atoms. The van der Waals surface area contributed by atoms with E-state index in [0.29, 0.717) is 0 Å². The molecular weight excluding hydrogens is 258 g/mol. The van der Waals surface area contributed by atoms with Gasteiger partial charge in [0.1, 0.15) is 0 Å². The quantitative estimate of drug-likeness (QED) is 0.771. The van der Waals surface area contributed by atoms with Gasteiger partial charge in [0.2, 0.25) is 0 Å². The summed E-state index contributed by atoms with van der Waals surface area (Å²) in [6, 6.07) is 12.3. The second-order valence-electron chi connectivity index (χ2n) is 6.30. The zero-order valence-corrected chi connectivity index (χ0v) is 12.7. The van der Waals surface area contributed by atoms with Crippen LogP contribution in [0.4, 0.5) is 0 Å². The SMILES string of the molecule is Cc1ccc(C2=C(C=O)c3ccccc3C(C)(C)C2)cn1. The normalized spacial score (nSPS) is 16.5. The summed E-state index contributed by atoms with van der Waals surface area (Å²) in [7, 11) is 0. The van der Waals surface area contributed by atoms with Crippen LogP contribution in [0.1, 0.15) is 42.7 Å². The van der Waals surface area contributed by atoms with Crippen LogP contribution in [0.5, 0.6) is 0 Å². The summed E-state index contributed by atoms with van der Waals surface area (Å²) >= 11 is 0. The molecule has 0 saturated heterocycles. The van der Waals surface area contributed by atoms with Crippen molar-refractivity contribution in [2.75, 3.05) is 0 Å². The van der Waals surface area contributed by atoms with Gasteiger partial charge in [0.05, 0.1) is 0 Å². The van der Waals surface area contributed by atoms with E-state index in [1.807, 2.05) is 37.4 Å². The van der Waals surface area contributed by atoms with Crippen molar-refractivity contribution in [1.82, 2.24) is 4.98 Å². The number of benzene rings is 1. The first-order valence-electron chi connectivity index (χ1n) is 7.24. The van der Waals surface area contributed by atoms with Gasteiger partial charge in [-0.05, 0) is 47.1 Å². The molecule has 2 aromatic rings. The van der Waals surface area contributed by atoms with Crippen molar-refractivity contribution in [2.24, 2.45) is 0 Å². The molecule has 1 aromatic carbocycles. The van der Waals surface area contributed by atoms with Gasteiger partial charge in [-0.2, -0.15) is 0 Å². The van der Waals surface area contributed by atoms with Crippen LogP contribution in [-0.4, -0.2) is 11.3 Å². The van der Waals surface area contributed by atoms with Crippen molar-refractivity contribution < 1.29 is 4.79 Å². The fraction of sp³-hybridized carbons (Fsp3) is 0.263. The van der Waals surface area contributed by atoms with Gasteiger partial charge in [-0.1, -0.05) is 44.2 Å². The molecule has 0 N–H and O–H groups in total. The van der Waals surface area contributed by atoms with Crippen LogP contribution < -0.4 is 0 Å². The number of hydrogen-bond acceptors (Lipinski definition) is 2. The largest absolute Gasteiger partial charge is 0.298 e. The molecule has 0 fully saturated rings. The minimum absolute atomic E-state index is 0.0172. The number of allylic oxidation sites excluding steroid dienone is 2. The molecule has 1 aromatic heterocycles. The molecule has 0 radical (unpaired) electrons. The zero-order valence-electron chi connectivity index (χ0n) is 12.7. The maximum Gasteiger partial charge on any atom is 0.150 e. The Bertz CT molecular complexity index is 723. The summed E-state index contributed by atoms with van der Waals surface area (Å²) in [5.41, 5.74) is 6.25. The monoisotopic (exact) mass is 277 g/mol. The van der Waals surface area contributed by atoms with E-state index in [1.54, 1.807) is 0 Å². The Morgan fingerprint density at radius 1 is 1.14 bits per heavy atom. The van der Waals surface area contributed by atoms with Crippen molar-refractivity contribution in [3.05, 3.63) is 65.0 Å². The summed E-state index contributed by atoms with van der Waals surface area (Å²) < 4.78 is 0. The number of carbonyl (C=O) groups excluding carboxylic acids is 1. The van der Waals surface area contributed by atoms with Gasteiger partial charge in [0.25, 0.3) is 0 Å². The molecule has 0 unspecified atom stereocenters. The average Bonchev–Trinajstić information content (AvgIpc) is 2.48. The van der Waals surface area contributed by atoms with Gasteiger partial charge in [0, 0.05) is 17.5 Å². The predicted molar refractivity (Wildman–Crippen MR) is 85.9 cm³/mol.